The molecule has 3 nitrogen and oxygen atoms in total. The summed E-state index contributed by atoms with van der Waals surface area (Å²) in [5.41, 5.74) is 0. The Morgan fingerprint density at radius 2 is 2.11 bits per heavy atom. The van der Waals surface area contributed by atoms with Crippen molar-refractivity contribution in [2.45, 2.75) is 52.2 Å². The lowest BCUT2D eigenvalue weighted by Crippen LogP contribution is -2.30. The van der Waals surface area contributed by atoms with E-state index in [1.54, 1.807) is 0 Å². The average molecular weight is 250 g/mol. The monoisotopic (exact) mass is 250 g/mol. The van der Waals surface area contributed by atoms with Gasteiger partial charge in [0, 0.05) is 6.04 Å². The second kappa shape index (κ2) is 6.39. The van der Waals surface area contributed by atoms with Gasteiger partial charge in [-0.3, -0.25) is 4.90 Å². The maximum atomic E-state index is 5.85. The molecule has 0 aromatic carbocycles. The van der Waals surface area contributed by atoms with Gasteiger partial charge in [0.25, 0.3) is 0 Å². The van der Waals surface area contributed by atoms with E-state index in [1.165, 1.54) is 12.8 Å². The van der Waals surface area contributed by atoms with E-state index in [9.17, 15) is 0 Å². The summed E-state index contributed by atoms with van der Waals surface area (Å²) in [6, 6.07) is 4.88. The number of nitrogens with zero attached hydrogens (tertiary/aromatic N) is 1. The number of rotatable bonds is 8. The molecule has 0 amide bonds. The lowest BCUT2D eigenvalue weighted by atomic mass is 10.2. The fraction of sp³-hybridized carbons (Fsp3) is 0.733. The first kappa shape index (κ1) is 13.6. The molecular weight excluding hydrogens is 224 g/mol. The third kappa shape index (κ3) is 3.85. The fourth-order valence-electron chi connectivity index (χ4n) is 2.32. The Morgan fingerprint density at radius 1 is 1.39 bits per heavy atom. The molecule has 1 saturated carbocycles. The maximum Gasteiger partial charge on any atom is 0.118 e. The van der Waals surface area contributed by atoms with E-state index >= 15 is 0 Å². The van der Waals surface area contributed by atoms with Crippen molar-refractivity contribution < 1.29 is 4.42 Å². The number of furan rings is 1. The van der Waals surface area contributed by atoms with E-state index in [-0.39, 0.29) is 0 Å². The van der Waals surface area contributed by atoms with Crippen molar-refractivity contribution in [1.82, 2.24) is 10.2 Å². The summed E-state index contributed by atoms with van der Waals surface area (Å²) in [4.78, 5) is 2.40. The van der Waals surface area contributed by atoms with Crippen molar-refractivity contribution in [3.8, 4) is 0 Å². The predicted octanol–water partition coefficient (Wildman–Crippen LogP) is 3.01. The van der Waals surface area contributed by atoms with Gasteiger partial charge in [0.05, 0.1) is 13.1 Å². The topological polar surface area (TPSA) is 28.4 Å². The summed E-state index contributed by atoms with van der Waals surface area (Å²) < 4.78 is 5.85. The molecule has 1 aromatic rings. The van der Waals surface area contributed by atoms with Crippen LogP contribution in [0, 0.1) is 5.92 Å². The minimum absolute atomic E-state index is 0.678. The van der Waals surface area contributed by atoms with E-state index in [4.69, 9.17) is 4.42 Å². The first-order chi connectivity index (χ1) is 8.70. The lowest BCUT2D eigenvalue weighted by Gasteiger charge is -2.23. The minimum Gasteiger partial charge on any atom is -0.463 e. The molecule has 1 aliphatic rings. The Balaban J connectivity index is 1.78. The first-order valence-electron chi connectivity index (χ1n) is 7.19. The largest absolute Gasteiger partial charge is 0.463 e. The highest BCUT2D eigenvalue weighted by molar-refractivity contribution is 5.07. The molecule has 1 fully saturated rings. The Kier molecular flexibility index (Phi) is 4.84. The van der Waals surface area contributed by atoms with Gasteiger partial charge in [-0.15, -0.1) is 0 Å². The Labute approximate surface area is 111 Å². The Hall–Kier alpha value is -0.800. The lowest BCUT2D eigenvalue weighted by molar-refractivity contribution is 0.208. The van der Waals surface area contributed by atoms with Crippen LogP contribution in [-0.2, 0) is 13.1 Å². The van der Waals surface area contributed by atoms with Crippen LogP contribution in [0.25, 0.3) is 0 Å². The van der Waals surface area contributed by atoms with Crippen LogP contribution < -0.4 is 5.32 Å². The molecule has 1 heterocycles. The highest BCUT2D eigenvalue weighted by Crippen LogP contribution is 2.35. The molecule has 0 radical (unpaired) electrons. The van der Waals surface area contributed by atoms with Crippen LogP contribution in [0.2, 0.25) is 0 Å². The van der Waals surface area contributed by atoms with Crippen LogP contribution in [0.3, 0.4) is 0 Å². The molecule has 3 heteroatoms. The zero-order valence-electron chi connectivity index (χ0n) is 11.9. The SMILES string of the molecule is CCCNCc1ccc(CN(C)C(C)C2CC2)o1. The van der Waals surface area contributed by atoms with Gasteiger partial charge < -0.3 is 9.73 Å². The quantitative estimate of drug-likeness (QED) is 0.719. The van der Waals surface area contributed by atoms with Gasteiger partial charge in [-0.25, -0.2) is 0 Å². The zero-order chi connectivity index (χ0) is 13.0. The second-order valence-corrected chi connectivity index (χ2v) is 5.54. The Bertz CT molecular complexity index is 357. The van der Waals surface area contributed by atoms with E-state index in [2.05, 4.69) is 43.2 Å². The average Bonchev–Trinajstić information content (AvgIpc) is 3.11. The highest BCUT2D eigenvalue weighted by Gasteiger charge is 2.30. The van der Waals surface area contributed by atoms with Crippen molar-refractivity contribution in [2.75, 3.05) is 13.6 Å². The van der Waals surface area contributed by atoms with E-state index in [1.807, 2.05) is 0 Å². The molecule has 1 N–H and O–H groups in total. The molecule has 0 bridgehead atoms. The van der Waals surface area contributed by atoms with Crippen LogP contribution in [-0.4, -0.2) is 24.5 Å². The molecule has 1 aliphatic carbocycles. The molecule has 0 spiro atoms. The van der Waals surface area contributed by atoms with Gasteiger partial charge in [-0.1, -0.05) is 6.92 Å². The summed E-state index contributed by atoms with van der Waals surface area (Å²) >= 11 is 0. The minimum atomic E-state index is 0.678. The first-order valence-corrected chi connectivity index (χ1v) is 7.19. The predicted molar refractivity (Wildman–Crippen MR) is 74.4 cm³/mol. The zero-order valence-corrected chi connectivity index (χ0v) is 11.9. The van der Waals surface area contributed by atoms with E-state index in [0.717, 1.165) is 43.5 Å². The highest BCUT2D eigenvalue weighted by atomic mass is 16.3. The third-order valence-corrected chi connectivity index (χ3v) is 3.85. The molecular formula is C15H26N2O. The molecule has 0 saturated heterocycles. The maximum absolute atomic E-state index is 5.85. The van der Waals surface area contributed by atoms with Crippen molar-refractivity contribution in [3.63, 3.8) is 0 Å². The van der Waals surface area contributed by atoms with Gasteiger partial charge >= 0.3 is 0 Å². The summed E-state index contributed by atoms with van der Waals surface area (Å²) in [5.74, 6) is 3.04. The van der Waals surface area contributed by atoms with Crippen molar-refractivity contribution in [2.24, 2.45) is 5.92 Å². The van der Waals surface area contributed by atoms with Crippen molar-refractivity contribution in [1.29, 1.82) is 0 Å². The van der Waals surface area contributed by atoms with Crippen LogP contribution in [0.15, 0.2) is 16.5 Å². The summed E-state index contributed by atoms with van der Waals surface area (Å²) in [6.45, 7) is 7.31. The summed E-state index contributed by atoms with van der Waals surface area (Å²) in [7, 11) is 2.19. The molecule has 0 aliphatic heterocycles. The molecule has 1 unspecified atom stereocenters. The standard InChI is InChI=1S/C15H26N2O/c1-4-9-16-10-14-7-8-15(18-14)11-17(3)12(2)13-5-6-13/h7-8,12-13,16H,4-6,9-11H2,1-3H3. The van der Waals surface area contributed by atoms with Crippen LogP contribution in [0.5, 0.6) is 0 Å². The smallest absolute Gasteiger partial charge is 0.118 e. The molecule has 18 heavy (non-hydrogen) atoms. The van der Waals surface area contributed by atoms with Gasteiger partial charge in [0.15, 0.2) is 0 Å². The third-order valence-electron chi connectivity index (χ3n) is 3.85. The van der Waals surface area contributed by atoms with Gasteiger partial charge in [-0.2, -0.15) is 0 Å². The molecule has 2 rings (SSSR count). The number of hydrogen-bond donors (Lipinski definition) is 1. The normalized spacial score (nSPS) is 17.3. The van der Waals surface area contributed by atoms with Crippen LogP contribution >= 0.6 is 0 Å². The molecule has 102 valence electrons. The van der Waals surface area contributed by atoms with E-state index in [0.29, 0.717) is 6.04 Å². The van der Waals surface area contributed by atoms with Crippen molar-refractivity contribution >= 4 is 0 Å². The van der Waals surface area contributed by atoms with Gasteiger partial charge in [-0.05, 0) is 57.8 Å². The number of nitrogens with one attached hydrogen (secondary N) is 1. The fourth-order valence-corrected chi connectivity index (χ4v) is 2.32. The van der Waals surface area contributed by atoms with E-state index < -0.39 is 0 Å². The number of hydrogen-bond acceptors (Lipinski definition) is 3. The summed E-state index contributed by atoms with van der Waals surface area (Å²) in [6.07, 6.45) is 3.96. The van der Waals surface area contributed by atoms with Crippen LogP contribution in [0.4, 0.5) is 0 Å². The van der Waals surface area contributed by atoms with Gasteiger partial charge in [0.2, 0.25) is 0 Å². The van der Waals surface area contributed by atoms with Crippen LogP contribution in [0.1, 0.15) is 44.6 Å². The van der Waals surface area contributed by atoms with Gasteiger partial charge in [0.1, 0.15) is 11.5 Å². The molecule has 1 atom stereocenters. The Morgan fingerprint density at radius 3 is 2.78 bits per heavy atom. The van der Waals surface area contributed by atoms with Crippen molar-refractivity contribution in [3.05, 3.63) is 23.7 Å². The second-order valence-electron chi connectivity index (χ2n) is 5.54. The molecule has 1 aromatic heterocycles. The summed E-state index contributed by atoms with van der Waals surface area (Å²) in [5, 5.41) is 3.36.